The zero-order valence-corrected chi connectivity index (χ0v) is 27.6. The van der Waals surface area contributed by atoms with E-state index in [1.54, 1.807) is 0 Å². The summed E-state index contributed by atoms with van der Waals surface area (Å²) in [5.41, 5.74) is 0. The van der Waals surface area contributed by atoms with E-state index in [4.69, 9.17) is 0 Å². The number of allylic oxidation sites excluding steroid dienone is 6. The van der Waals surface area contributed by atoms with Crippen LogP contribution in [-0.2, 0) is 32.7 Å². The Morgan fingerprint density at radius 2 is 1.25 bits per heavy atom. The van der Waals surface area contributed by atoms with E-state index in [9.17, 15) is 34.1 Å². The van der Waals surface area contributed by atoms with Gasteiger partial charge in [-0.3, -0.25) is 18.6 Å². The molecule has 0 aromatic heterocycles. The van der Waals surface area contributed by atoms with Crippen LogP contribution in [0.25, 0.3) is 0 Å². The quantitative estimate of drug-likeness (QED) is 0.0303. The van der Waals surface area contributed by atoms with Gasteiger partial charge in [-0.25, -0.2) is 9.36 Å². The lowest BCUT2D eigenvalue weighted by Crippen LogP contribution is -2.43. The fourth-order valence-corrected chi connectivity index (χ4v) is 4.76. The summed E-state index contributed by atoms with van der Waals surface area (Å²) in [5, 5.41) is 21.1. The minimum absolute atomic E-state index is 0.136. The number of hydrogen-bond donors (Lipinski definition) is 4. The van der Waals surface area contributed by atoms with Gasteiger partial charge in [0.1, 0.15) is 12.7 Å². The van der Waals surface area contributed by atoms with Crippen LogP contribution < -0.4 is 5.32 Å². The monoisotopic (exact) mass is 645 g/mol. The van der Waals surface area contributed by atoms with E-state index in [1.807, 2.05) is 0 Å². The molecule has 0 radical (unpaired) electrons. The average molecular weight is 646 g/mol. The molecular weight excluding hydrogens is 589 g/mol. The van der Waals surface area contributed by atoms with Gasteiger partial charge in [0.25, 0.3) is 0 Å². The van der Waals surface area contributed by atoms with E-state index >= 15 is 0 Å². The highest BCUT2D eigenvalue weighted by Gasteiger charge is 2.28. The number of phosphoric ester groups is 1. The number of esters is 1. The van der Waals surface area contributed by atoms with Crippen molar-refractivity contribution in [2.45, 2.75) is 129 Å². The molecule has 0 aromatic carbocycles. The molecule has 0 aliphatic rings. The minimum atomic E-state index is -4.71. The molecular formula is C32H56NO10P. The SMILES string of the molecule is CCCCC/C=C\C/C=C\C/C=C\CCCCCCCCCCC(=O)NC(COP(=O)(O)OCC(O)COC(C)=O)C(=O)O. The van der Waals surface area contributed by atoms with Gasteiger partial charge in [0, 0.05) is 13.3 Å². The predicted octanol–water partition coefficient (Wildman–Crippen LogP) is 6.54. The summed E-state index contributed by atoms with van der Waals surface area (Å²) >= 11 is 0. The third-order valence-corrected chi connectivity index (χ3v) is 7.44. The number of phosphoric acid groups is 1. The number of hydrogen-bond acceptors (Lipinski definition) is 8. The van der Waals surface area contributed by atoms with E-state index in [0.717, 1.165) is 51.9 Å². The summed E-state index contributed by atoms with van der Waals surface area (Å²) in [6.07, 6.45) is 28.6. The van der Waals surface area contributed by atoms with Crippen LogP contribution in [0, 0.1) is 0 Å². The summed E-state index contributed by atoms with van der Waals surface area (Å²) in [4.78, 5) is 44.0. The number of aliphatic hydroxyl groups is 1. The number of carboxylic acid groups (broad SMARTS) is 1. The maximum Gasteiger partial charge on any atom is 0.472 e. The van der Waals surface area contributed by atoms with Crippen molar-refractivity contribution in [3.8, 4) is 0 Å². The molecule has 3 unspecified atom stereocenters. The topological polar surface area (TPSA) is 169 Å². The summed E-state index contributed by atoms with van der Waals surface area (Å²) in [6, 6.07) is -1.55. The van der Waals surface area contributed by atoms with Crippen molar-refractivity contribution in [1.29, 1.82) is 0 Å². The van der Waals surface area contributed by atoms with Gasteiger partial charge in [-0.15, -0.1) is 0 Å². The Bertz CT molecular complexity index is 905. The Morgan fingerprint density at radius 3 is 1.80 bits per heavy atom. The molecule has 0 fully saturated rings. The standard InChI is InChI=1S/C32H56NO10P/c1-3-4-5-6-7-8-9-10-11-12-13-14-15-16-17-18-19-20-21-22-23-24-31(36)33-30(32(37)38)27-43-44(39,40)42-26-29(35)25-41-28(2)34/h7-8,10-11,13-14,29-30,35H,3-6,9,12,15-27H2,1-2H3,(H,33,36)(H,37,38)(H,39,40)/b8-7-,11-10-,14-13-. The van der Waals surface area contributed by atoms with E-state index < -0.39 is 57.6 Å². The maximum absolute atomic E-state index is 12.1. The van der Waals surface area contributed by atoms with Crippen molar-refractivity contribution in [3.05, 3.63) is 36.5 Å². The number of unbranched alkanes of at least 4 members (excludes halogenated alkanes) is 11. The van der Waals surface area contributed by atoms with Crippen LogP contribution in [-0.4, -0.2) is 64.9 Å². The molecule has 3 atom stereocenters. The number of aliphatic carboxylic acids is 1. The van der Waals surface area contributed by atoms with Gasteiger partial charge in [-0.2, -0.15) is 0 Å². The van der Waals surface area contributed by atoms with E-state index in [1.165, 1.54) is 44.9 Å². The second-order valence-electron chi connectivity index (χ2n) is 10.7. The smallest absolute Gasteiger partial charge is 0.472 e. The molecule has 0 bridgehead atoms. The number of aliphatic hydroxyl groups excluding tert-OH is 1. The lowest BCUT2D eigenvalue weighted by molar-refractivity contribution is -0.144. The number of rotatable bonds is 29. The molecule has 0 saturated carbocycles. The summed E-state index contributed by atoms with van der Waals surface area (Å²) in [6.45, 7) is 1.42. The first-order chi connectivity index (χ1) is 21.1. The maximum atomic E-state index is 12.1. The first-order valence-corrected chi connectivity index (χ1v) is 17.5. The molecule has 0 saturated heterocycles. The average Bonchev–Trinajstić information content (AvgIpc) is 2.97. The molecule has 0 aliphatic carbocycles. The van der Waals surface area contributed by atoms with Crippen LogP contribution in [0.4, 0.5) is 0 Å². The largest absolute Gasteiger partial charge is 0.480 e. The number of amides is 1. The molecule has 0 spiro atoms. The lowest BCUT2D eigenvalue weighted by atomic mass is 10.1. The minimum Gasteiger partial charge on any atom is -0.480 e. The number of carbonyl (C=O) groups excluding carboxylic acids is 2. The highest BCUT2D eigenvalue weighted by molar-refractivity contribution is 7.47. The Kier molecular flexibility index (Phi) is 26.7. The molecule has 44 heavy (non-hydrogen) atoms. The Hall–Kier alpha value is -2.30. The molecule has 12 heteroatoms. The van der Waals surface area contributed by atoms with Gasteiger partial charge in [0.2, 0.25) is 5.91 Å². The van der Waals surface area contributed by atoms with Gasteiger partial charge in [0.05, 0.1) is 13.2 Å². The lowest BCUT2D eigenvalue weighted by Gasteiger charge is -2.18. The van der Waals surface area contributed by atoms with Crippen molar-refractivity contribution < 1.29 is 47.8 Å². The third-order valence-electron chi connectivity index (χ3n) is 6.49. The van der Waals surface area contributed by atoms with Crippen LogP contribution >= 0.6 is 7.82 Å². The fraction of sp³-hybridized carbons (Fsp3) is 0.719. The normalized spacial score (nSPS) is 14.6. The van der Waals surface area contributed by atoms with Crippen molar-refractivity contribution in [2.24, 2.45) is 0 Å². The zero-order chi connectivity index (χ0) is 32.9. The van der Waals surface area contributed by atoms with Gasteiger partial charge in [-0.05, 0) is 44.9 Å². The predicted molar refractivity (Wildman–Crippen MR) is 171 cm³/mol. The third kappa shape index (κ3) is 28.5. The fourth-order valence-electron chi connectivity index (χ4n) is 3.99. The van der Waals surface area contributed by atoms with Crippen LogP contribution in [0.1, 0.15) is 117 Å². The zero-order valence-electron chi connectivity index (χ0n) is 26.7. The van der Waals surface area contributed by atoms with E-state index in [0.29, 0.717) is 6.42 Å². The number of carbonyl (C=O) groups is 3. The number of nitrogens with one attached hydrogen (secondary N) is 1. The highest BCUT2D eigenvalue weighted by Crippen LogP contribution is 2.43. The first-order valence-electron chi connectivity index (χ1n) is 16.0. The van der Waals surface area contributed by atoms with Crippen molar-refractivity contribution in [2.75, 3.05) is 19.8 Å². The van der Waals surface area contributed by atoms with Crippen LogP contribution in [0.5, 0.6) is 0 Å². The molecule has 254 valence electrons. The first kappa shape index (κ1) is 41.7. The van der Waals surface area contributed by atoms with Gasteiger partial charge < -0.3 is 25.2 Å². The van der Waals surface area contributed by atoms with Crippen LogP contribution in [0.2, 0.25) is 0 Å². The second kappa shape index (κ2) is 28.2. The van der Waals surface area contributed by atoms with E-state index in [2.05, 4.69) is 62.5 Å². The van der Waals surface area contributed by atoms with Crippen molar-refractivity contribution in [3.63, 3.8) is 0 Å². The molecule has 0 aliphatic heterocycles. The Labute approximate surface area is 263 Å². The molecule has 0 aromatic rings. The highest BCUT2D eigenvalue weighted by atomic mass is 31.2. The van der Waals surface area contributed by atoms with Crippen LogP contribution in [0.15, 0.2) is 36.5 Å². The summed E-state index contributed by atoms with van der Waals surface area (Å²) in [7, 11) is -4.71. The molecule has 11 nitrogen and oxygen atoms in total. The van der Waals surface area contributed by atoms with E-state index in [-0.39, 0.29) is 6.42 Å². The number of ether oxygens (including phenoxy) is 1. The van der Waals surface area contributed by atoms with Crippen molar-refractivity contribution in [1.82, 2.24) is 5.32 Å². The Morgan fingerprint density at radius 1 is 0.750 bits per heavy atom. The van der Waals surface area contributed by atoms with Crippen LogP contribution in [0.3, 0.4) is 0 Å². The van der Waals surface area contributed by atoms with Gasteiger partial charge >= 0.3 is 19.8 Å². The van der Waals surface area contributed by atoms with Crippen molar-refractivity contribution >= 4 is 25.7 Å². The molecule has 0 rings (SSSR count). The van der Waals surface area contributed by atoms with Gasteiger partial charge in [0.15, 0.2) is 6.04 Å². The molecule has 0 heterocycles. The summed E-state index contributed by atoms with van der Waals surface area (Å²) in [5.74, 6) is -2.57. The molecule has 1 amide bonds. The summed E-state index contributed by atoms with van der Waals surface area (Å²) < 4.78 is 25.7. The van der Waals surface area contributed by atoms with Gasteiger partial charge in [-0.1, -0.05) is 94.7 Å². The number of carboxylic acids is 1. The Balaban J connectivity index is 3.84. The molecule has 4 N–H and O–H groups in total. The second-order valence-corrected chi connectivity index (χ2v) is 12.2.